The average Bonchev–Trinajstić information content (AvgIpc) is 2.46. The molecular weight excluding hydrogens is 254 g/mol. The Balaban J connectivity index is 2.95. The second-order valence-corrected chi connectivity index (χ2v) is 4.70. The fraction of sp³-hybridized carbons (Fsp3) is 0.625. The van der Waals surface area contributed by atoms with Crippen molar-refractivity contribution in [2.75, 3.05) is 27.4 Å². The van der Waals surface area contributed by atoms with Crippen molar-refractivity contribution in [3.63, 3.8) is 0 Å². The largest absolute Gasteiger partial charge is 0.490 e. The highest BCUT2D eigenvalue weighted by molar-refractivity contribution is 5.44. The Morgan fingerprint density at radius 1 is 1.10 bits per heavy atom. The number of rotatable bonds is 9. The molecule has 0 aliphatic carbocycles. The van der Waals surface area contributed by atoms with Crippen molar-refractivity contribution >= 4 is 0 Å². The number of nitrogens with one attached hydrogen (secondary N) is 1. The van der Waals surface area contributed by atoms with Gasteiger partial charge in [0, 0.05) is 13.2 Å². The van der Waals surface area contributed by atoms with E-state index < -0.39 is 0 Å². The summed E-state index contributed by atoms with van der Waals surface area (Å²) >= 11 is 0. The molecule has 2 atom stereocenters. The van der Waals surface area contributed by atoms with Crippen LogP contribution in [0.25, 0.3) is 0 Å². The van der Waals surface area contributed by atoms with E-state index in [0.29, 0.717) is 13.2 Å². The standard InChI is InChI=1S/C16H27NO3/c1-6-19-15-9-8-13(11-16(15)20-7-2)14(17-4)10-12(3)18-5/h8-9,11-12,14,17H,6-7,10H2,1-5H3. The summed E-state index contributed by atoms with van der Waals surface area (Å²) in [5.74, 6) is 1.60. The molecule has 0 fully saturated rings. The van der Waals surface area contributed by atoms with E-state index in [9.17, 15) is 0 Å². The summed E-state index contributed by atoms with van der Waals surface area (Å²) in [7, 11) is 3.70. The van der Waals surface area contributed by atoms with Crippen molar-refractivity contribution in [2.45, 2.75) is 39.3 Å². The van der Waals surface area contributed by atoms with Crippen LogP contribution in [0.5, 0.6) is 11.5 Å². The number of hydrogen-bond acceptors (Lipinski definition) is 4. The first-order valence-electron chi connectivity index (χ1n) is 7.25. The first-order chi connectivity index (χ1) is 9.65. The lowest BCUT2D eigenvalue weighted by atomic mass is 10.0. The fourth-order valence-electron chi connectivity index (χ4n) is 2.13. The summed E-state index contributed by atoms with van der Waals surface area (Å²) in [6, 6.07) is 6.35. The van der Waals surface area contributed by atoms with Crippen molar-refractivity contribution in [1.82, 2.24) is 5.32 Å². The maximum atomic E-state index is 5.67. The van der Waals surface area contributed by atoms with E-state index in [1.807, 2.05) is 27.0 Å². The molecule has 0 aliphatic rings. The molecule has 0 saturated heterocycles. The van der Waals surface area contributed by atoms with Crippen LogP contribution in [0.3, 0.4) is 0 Å². The molecule has 1 rings (SSSR count). The van der Waals surface area contributed by atoms with Gasteiger partial charge in [0.1, 0.15) is 0 Å². The first kappa shape index (κ1) is 16.8. The van der Waals surface area contributed by atoms with Gasteiger partial charge < -0.3 is 19.5 Å². The van der Waals surface area contributed by atoms with Gasteiger partial charge in [0.05, 0.1) is 19.3 Å². The van der Waals surface area contributed by atoms with Crippen LogP contribution < -0.4 is 14.8 Å². The maximum absolute atomic E-state index is 5.67. The van der Waals surface area contributed by atoms with Crippen LogP contribution in [0.4, 0.5) is 0 Å². The smallest absolute Gasteiger partial charge is 0.161 e. The van der Waals surface area contributed by atoms with Gasteiger partial charge in [-0.25, -0.2) is 0 Å². The second kappa shape index (κ2) is 8.82. The van der Waals surface area contributed by atoms with Crippen LogP contribution in [0.2, 0.25) is 0 Å². The Bertz CT molecular complexity index is 395. The van der Waals surface area contributed by atoms with Crippen LogP contribution >= 0.6 is 0 Å². The number of benzene rings is 1. The molecule has 0 heterocycles. The van der Waals surface area contributed by atoms with E-state index in [1.54, 1.807) is 7.11 Å². The number of hydrogen-bond donors (Lipinski definition) is 1. The van der Waals surface area contributed by atoms with E-state index in [-0.39, 0.29) is 12.1 Å². The second-order valence-electron chi connectivity index (χ2n) is 4.70. The zero-order valence-corrected chi connectivity index (χ0v) is 13.2. The van der Waals surface area contributed by atoms with Crippen molar-refractivity contribution < 1.29 is 14.2 Å². The van der Waals surface area contributed by atoms with Crippen molar-refractivity contribution in [3.8, 4) is 11.5 Å². The van der Waals surface area contributed by atoms with Gasteiger partial charge in [-0.3, -0.25) is 0 Å². The van der Waals surface area contributed by atoms with Crippen LogP contribution in [0.15, 0.2) is 18.2 Å². The molecule has 4 nitrogen and oxygen atoms in total. The SMILES string of the molecule is CCOc1ccc(C(CC(C)OC)NC)cc1OCC. The van der Waals surface area contributed by atoms with E-state index in [0.717, 1.165) is 17.9 Å². The summed E-state index contributed by atoms with van der Waals surface area (Å²) in [6.07, 6.45) is 1.11. The highest BCUT2D eigenvalue weighted by Gasteiger charge is 2.16. The van der Waals surface area contributed by atoms with E-state index in [4.69, 9.17) is 14.2 Å². The highest BCUT2D eigenvalue weighted by atomic mass is 16.5. The lowest BCUT2D eigenvalue weighted by Gasteiger charge is -2.21. The third-order valence-corrected chi connectivity index (χ3v) is 3.29. The molecule has 0 bridgehead atoms. The van der Waals surface area contributed by atoms with Crippen molar-refractivity contribution in [1.29, 1.82) is 0 Å². The van der Waals surface area contributed by atoms with Crippen molar-refractivity contribution in [2.24, 2.45) is 0 Å². The Morgan fingerprint density at radius 3 is 2.30 bits per heavy atom. The minimum Gasteiger partial charge on any atom is -0.490 e. The zero-order valence-electron chi connectivity index (χ0n) is 13.2. The van der Waals surface area contributed by atoms with Gasteiger partial charge in [-0.05, 0) is 51.9 Å². The molecule has 20 heavy (non-hydrogen) atoms. The number of methoxy groups -OCH3 is 1. The fourth-order valence-corrected chi connectivity index (χ4v) is 2.13. The van der Waals surface area contributed by atoms with Gasteiger partial charge in [0.25, 0.3) is 0 Å². The lowest BCUT2D eigenvalue weighted by Crippen LogP contribution is -2.22. The summed E-state index contributed by atoms with van der Waals surface area (Å²) in [6.45, 7) is 7.28. The molecule has 0 amide bonds. The lowest BCUT2D eigenvalue weighted by molar-refractivity contribution is 0.101. The minimum atomic E-state index is 0.203. The molecule has 0 saturated carbocycles. The Labute approximate surface area is 122 Å². The van der Waals surface area contributed by atoms with Gasteiger partial charge in [-0.15, -0.1) is 0 Å². The molecule has 1 aromatic carbocycles. The van der Waals surface area contributed by atoms with Gasteiger partial charge in [0.2, 0.25) is 0 Å². The zero-order chi connectivity index (χ0) is 15.0. The number of ether oxygens (including phenoxy) is 3. The molecule has 0 aliphatic heterocycles. The molecule has 0 aromatic heterocycles. The summed E-state index contributed by atoms with van der Waals surface area (Å²) in [4.78, 5) is 0. The predicted molar refractivity (Wildman–Crippen MR) is 81.7 cm³/mol. The topological polar surface area (TPSA) is 39.7 Å². The Hall–Kier alpha value is -1.26. The van der Waals surface area contributed by atoms with E-state index in [1.165, 1.54) is 5.56 Å². The summed E-state index contributed by atoms with van der Waals surface area (Å²) in [5.41, 5.74) is 1.18. The normalized spacial score (nSPS) is 13.8. The molecule has 1 aromatic rings. The quantitative estimate of drug-likeness (QED) is 0.754. The van der Waals surface area contributed by atoms with Crippen molar-refractivity contribution in [3.05, 3.63) is 23.8 Å². The Morgan fingerprint density at radius 2 is 1.75 bits per heavy atom. The minimum absolute atomic E-state index is 0.203. The molecule has 114 valence electrons. The Kier molecular flexibility index (Phi) is 7.41. The van der Waals surface area contributed by atoms with Gasteiger partial charge in [0.15, 0.2) is 11.5 Å². The molecule has 0 spiro atoms. The summed E-state index contributed by atoms with van der Waals surface area (Å²) in [5, 5.41) is 3.33. The van der Waals surface area contributed by atoms with E-state index >= 15 is 0 Å². The monoisotopic (exact) mass is 281 g/mol. The molecule has 0 radical (unpaired) electrons. The van der Waals surface area contributed by atoms with Gasteiger partial charge >= 0.3 is 0 Å². The van der Waals surface area contributed by atoms with Crippen LogP contribution in [-0.4, -0.2) is 33.5 Å². The third-order valence-electron chi connectivity index (χ3n) is 3.29. The molecular formula is C16H27NO3. The summed E-state index contributed by atoms with van der Waals surface area (Å²) < 4.78 is 16.6. The van der Waals surface area contributed by atoms with Gasteiger partial charge in [-0.2, -0.15) is 0 Å². The molecule has 4 heteroatoms. The average molecular weight is 281 g/mol. The third kappa shape index (κ3) is 4.69. The van der Waals surface area contributed by atoms with Crippen LogP contribution in [-0.2, 0) is 4.74 Å². The van der Waals surface area contributed by atoms with Crippen LogP contribution in [0.1, 0.15) is 38.8 Å². The first-order valence-corrected chi connectivity index (χ1v) is 7.25. The molecule has 1 N–H and O–H groups in total. The van der Waals surface area contributed by atoms with E-state index in [2.05, 4.69) is 24.4 Å². The maximum Gasteiger partial charge on any atom is 0.161 e. The highest BCUT2D eigenvalue weighted by Crippen LogP contribution is 2.32. The van der Waals surface area contributed by atoms with Gasteiger partial charge in [-0.1, -0.05) is 6.07 Å². The predicted octanol–water partition coefficient (Wildman–Crippen LogP) is 3.17. The molecule has 2 unspecified atom stereocenters. The van der Waals surface area contributed by atoms with Crippen LogP contribution in [0, 0.1) is 0 Å².